The number of thiazole rings is 1. The highest BCUT2D eigenvalue weighted by Crippen LogP contribution is 2.22. The number of likely N-dealkylation sites (tertiary alicyclic amines) is 1. The summed E-state index contributed by atoms with van der Waals surface area (Å²) in [6, 6.07) is 10.0. The standard InChI is InChI=1S/C20H25N3O2S/c1-2-7-19(24)23-11-6-10-16(13-23)20(25)21-12-18-22-17(14-26-18)15-8-4-3-5-9-15/h3-5,8-9,14,16H,2,6-7,10-13H2,1H3,(H,21,25)/t16-/m0/s1. The van der Waals surface area contributed by atoms with Crippen LogP contribution in [-0.2, 0) is 16.1 Å². The Bertz CT molecular complexity index is 745. The predicted molar refractivity (Wildman–Crippen MR) is 104 cm³/mol. The van der Waals surface area contributed by atoms with Gasteiger partial charge in [-0.05, 0) is 19.3 Å². The molecule has 1 aliphatic heterocycles. The number of carbonyl (C=O) groups excluding carboxylic acids is 2. The molecule has 0 spiro atoms. The van der Waals surface area contributed by atoms with Crippen molar-refractivity contribution in [2.75, 3.05) is 13.1 Å². The molecule has 2 heterocycles. The molecule has 1 aliphatic rings. The van der Waals surface area contributed by atoms with E-state index in [0.717, 1.165) is 42.1 Å². The molecule has 0 aliphatic carbocycles. The van der Waals surface area contributed by atoms with Crippen LogP contribution in [0, 0.1) is 5.92 Å². The average molecular weight is 372 g/mol. The zero-order chi connectivity index (χ0) is 18.4. The van der Waals surface area contributed by atoms with Crippen LogP contribution in [0.5, 0.6) is 0 Å². The van der Waals surface area contributed by atoms with Crippen molar-refractivity contribution in [3.63, 3.8) is 0 Å². The fourth-order valence-electron chi connectivity index (χ4n) is 3.23. The van der Waals surface area contributed by atoms with E-state index < -0.39 is 0 Å². The first-order chi connectivity index (χ1) is 12.7. The molecule has 138 valence electrons. The maximum absolute atomic E-state index is 12.5. The number of benzene rings is 1. The Morgan fingerprint density at radius 1 is 1.31 bits per heavy atom. The van der Waals surface area contributed by atoms with Gasteiger partial charge in [-0.15, -0.1) is 11.3 Å². The number of aromatic nitrogens is 1. The third-order valence-electron chi connectivity index (χ3n) is 4.64. The molecule has 1 aromatic heterocycles. The first kappa shape index (κ1) is 18.6. The average Bonchev–Trinajstić information content (AvgIpc) is 3.16. The molecule has 6 heteroatoms. The number of rotatable bonds is 6. The fraction of sp³-hybridized carbons (Fsp3) is 0.450. The molecule has 0 radical (unpaired) electrons. The molecule has 1 N–H and O–H groups in total. The van der Waals surface area contributed by atoms with Gasteiger partial charge in [0.15, 0.2) is 0 Å². The summed E-state index contributed by atoms with van der Waals surface area (Å²) in [7, 11) is 0. The van der Waals surface area contributed by atoms with Gasteiger partial charge in [-0.3, -0.25) is 9.59 Å². The third-order valence-corrected chi connectivity index (χ3v) is 5.49. The van der Waals surface area contributed by atoms with Crippen molar-refractivity contribution >= 4 is 23.2 Å². The van der Waals surface area contributed by atoms with E-state index in [-0.39, 0.29) is 17.7 Å². The SMILES string of the molecule is CCCC(=O)N1CCC[C@H](C(=O)NCc2nc(-c3ccccc3)cs2)C1. The topological polar surface area (TPSA) is 62.3 Å². The van der Waals surface area contributed by atoms with Crippen LogP contribution in [-0.4, -0.2) is 34.8 Å². The van der Waals surface area contributed by atoms with E-state index in [1.165, 1.54) is 0 Å². The largest absolute Gasteiger partial charge is 0.349 e. The quantitative estimate of drug-likeness (QED) is 0.846. The summed E-state index contributed by atoms with van der Waals surface area (Å²) in [5.41, 5.74) is 2.02. The molecule has 26 heavy (non-hydrogen) atoms. The molecule has 2 aromatic rings. The van der Waals surface area contributed by atoms with E-state index in [1.54, 1.807) is 11.3 Å². The van der Waals surface area contributed by atoms with Crippen LogP contribution >= 0.6 is 11.3 Å². The van der Waals surface area contributed by atoms with Crippen molar-refractivity contribution in [1.82, 2.24) is 15.2 Å². The molecular weight excluding hydrogens is 346 g/mol. The first-order valence-electron chi connectivity index (χ1n) is 9.22. The Morgan fingerprint density at radius 3 is 2.88 bits per heavy atom. The van der Waals surface area contributed by atoms with E-state index in [1.807, 2.05) is 47.5 Å². The lowest BCUT2D eigenvalue weighted by Gasteiger charge is -2.32. The zero-order valence-corrected chi connectivity index (χ0v) is 15.9. The summed E-state index contributed by atoms with van der Waals surface area (Å²) in [6.45, 7) is 3.76. The maximum atomic E-state index is 12.5. The lowest BCUT2D eigenvalue weighted by atomic mass is 9.97. The lowest BCUT2D eigenvalue weighted by Crippen LogP contribution is -2.45. The maximum Gasteiger partial charge on any atom is 0.225 e. The predicted octanol–water partition coefficient (Wildman–Crippen LogP) is 3.47. The molecule has 1 fully saturated rings. The Labute approximate surface area is 158 Å². The van der Waals surface area contributed by atoms with Gasteiger partial charge in [0, 0.05) is 30.5 Å². The van der Waals surface area contributed by atoms with Gasteiger partial charge in [0.2, 0.25) is 11.8 Å². The lowest BCUT2D eigenvalue weighted by molar-refractivity contribution is -0.135. The Kier molecular flexibility index (Phi) is 6.39. The van der Waals surface area contributed by atoms with Crippen molar-refractivity contribution in [3.05, 3.63) is 40.7 Å². The van der Waals surface area contributed by atoms with Crippen molar-refractivity contribution < 1.29 is 9.59 Å². The zero-order valence-electron chi connectivity index (χ0n) is 15.1. The Balaban J connectivity index is 1.52. The number of hydrogen-bond donors (Lipinski definition) is 1. The Morgan fingerprint density at radius 2 is 2.12 bits per heavy atom. The van der Waals surface area contributed by atoms with Gasteiger partial charge in [-0.25, -0.2) is 4.98 Å². The van der Waals surface area contributed by atoms with Crippen LogP contribution in [0.4, 0.5) is 0 Å². The molecular formula is C20H25N3O2S. The minimum Gasteiger partial charge on any atom is -0.349 e. The van der Waals surface area contributed by atoms with Gasteiger partial charge < -0.3 is 10.2 Å². The summed E-state index contributed by atoms with van der Waals surface area (Å²) >= 11 is 1.55. The number of nitrogens with zero attached hydrogens (tertiary/aromatic N) is 2. The number of nitrogens with one attached hydrogen (secondary N) is 1. The number of hydrogen-bond acceptors (Lipinski definition) is 4. The summed E-state index contributed by atoms with van der Waals surface area (Å²) in [5, 5.41) is 5.91. The summed E-state index contributed by atoms with van der Waals surface area (Å²) < 4.78 is 0. The second kappa shape index (κ2) is 8.94. The number of piperidine rings is 1. The van der Waals surface area contributed by atoms with Gasteiger partial charge >= 0.3 is 0 Å². The summed E-state index contributed by atoms with van der Waals surface area (Å²) in [4.78, 5) is 31.0. The van der Waals surface area contributed by atoms with Crippen LogP contribution in [0.2, 0.25) is 0 Å². The second-order valence-corrected chi connectivity index (χ2v) is 7.58. The van der Waals surface area contributed by atoms with Crippen molar-refractivity contribution in [1.29, 1.82) is 0 Å². The molecule has 1 saturated heterocycles. The molecule has 3 rings (SSSR count). The highest BCUT2D eigenvalue weighted by atomic mass is 32.1. The normalized spacial score (nSPS) is 17.1. The van der Waals surface area contributed by atoms with E-state index in [9.17, 15) is 9.59 Å². The third kappa shape index (κ3) is 4.69. The van der Waals surface area contributed by atoms with Crippen molar-refractivity contribution in [2.45, 2.75) is 39.2 Å². The summed E-state index contributed by atoms with van der Waals surface area (Å²) in [5.74, 6) is 0.0750. The smallest absolute Gasteiger partial charge is 0.225 e. The molecule has 0 unspecified atom stereocenters. The van der Waals surface area contributed by atoms with E-state index in [4.69, 9.17) is 0 Å². The molecule has 0 bridgehead atoms. The van der Waals surface area contributed by atoms with E-state index in [0.29, 0.717) is 19.5 Å². The molecule has 0 saturated carbocycles. The monoisotopic (exact) mass is 371 g/mol. The molecule has 5 nitrogen and oxygen atoms in total. The molecule has 1 atom stereocenters. The van der Waals surface area contributed by atoms with E-state index in [2.05, 4.69) is 10.3 Å². The number of amides is 2. The van der Waals surface area contributed by atoms with Crippen LogP contribution in [0.25, 0.3) is 11.3 Å². The van der Waals surface area contributed by atoms with Crippen molar-refractivity contribution in [2.24, 2.45) is 5.92 Å². The van der Waals surface area contributed by atoms with Crippen LogP contribution < -0.4 is 5.32 Å². The van der Waals surface area contributed by atoms with Crippen LogP contribution in [0.3, 0.4) is 0 Å². The van der Waals surface area contributed by atoms with E-state index >= 15 is 0 Å². The second-order valence-electron chi connectivity index (χ2n) is 6.64. The highest BCUT2D eigenvalue weighted by Gasteiger charge is 2.27. The van der Waals surface area contributed by atoms with Gasteiger partial charge in [-0.1, -0.05) is 37.3 Å². The van der Waals surface area contributed by atoms with Crippen LogP contribution in [0.1, 0.15) is 37.6 Å². The van der Waals surface area contributed by atoms with Gasteiger partial charge in [-0.2, -0.15) is 0 Å². The van der Waals surface area contributed by atoms with Gasteiger partial charge in [0.1, 0.15) is 5.01 Å². The Hall–Kier alpha value is -2.21. The van der Waals surface area contributed by atoms with Crippen molar-refractivity contribution in [3.8, 4) is 11.3 Å². The fourth-order valence-corrected chi connectivity index (χ4v) is 3.97. The van der Waals surface area contributed by atoms with Gasteiger partial charge in [0.05, 0.1) is 18.2 Å². The molecule has 1 aromatic carbocycles. The number of carbonyl (C=O) groups is 2. The minimum absolute atomic E-state index is 0.0236. The van der Waals surface area contributed by atoms with Crippen LogP contribution in [0.15, 0.2) is 35.7 Å². The summed E-state index contributed by atoms with van der Waals surface area (Å²) in [6.07, 6.45) is 3.15. The highest BCUT2D eigenvalue weighted by molar-refractivity contribution is 7.09. The molecule has 2 amide bonds. The first-order valence-corrected chi connectivity index (χ1v) is 10.1. The minimum atomic E-state index is -0.113. The van der Waals surface area contributed by atoms with Gasteiger partial charge in [0.25, 0.3) is 0 Å².